The summed E-state index contributed by atoms with van der Waals surface area (Å²) in [5.74, 6) is -2.21. The maximum Gasteiger partial charge on any atom is 0.490 e. The molecule has 0 aromatic carbocycles. The molecule has 1 amide bonds. The van der Waals surface area contributed by atoms with E-state index in [1.807, 2.05) is 5.38 Å². The molecule has 0 spiro atoms. The Labute approximate surface area is 172 Å². The fourth-order valence-electron chi connectivity index (χ4n) is 3.49. The Balaban J connectivity index is 0.000000370. The number of nitrogens with zero attached hydrogens (tertiary/aromatic N) is 3. The predicted molar refractivity (Wildman–Crippen MR) is 104 cm³/mol. The molecule has 3 heterocycles. The monoisotopic (exact) mass is 435 g/mol. The summed E-state index contributed by atoms with van der Waals surface area (Å²) in [6.45, 7) is 8.60. The minimum absolute atomic E-state index is 0.154. The second kappa shape index (κ2) is 10.4. The third-order valence-electron chi connectivity index (χ3n) is 5.09. The van der Waals surface area contributed by atoms with Crippen LogP contribution in [0.1, 0.15) is 67.4 Å². The number of halogens is 3. The number of carbonyl (C=O) groups excluding carboxylic acids is 1. The first-order valence-electron chi connectivity index (χ1n) is 9.88. The zero-order chi connectivity index (χ0) is 21.6. The molecule has 0 saturated carbocycles. The van der Waals surface area contributed by atoms with Gasteiger partial charge in [-0.05, 0) is 51.1 Å². The summed E-state index contributed by atoms with van der Waals surface area (Å²) in [5.41, 5.74) is 1.04. The largest absolute Gasteiger partial charge is 0.490 e. The Morgan fingerprint density at radius 1 is 1.21 bits per heavy atom. The molecular formula is C19H28F3N3O3S. The van der Waals surface area contributed by atoms with Crippen molar-refractivity contribution in [3.8, 4) is 0 Å². The highest BCUT2D eigenvalue weighted by Crippen LogP contribution is 2.24. The summed E-state index contributed by atoms with van der Waals surface area (Å²) in [5, 5.41) is 9.84. The minimum atomic E-state index is -5.08. The number of piperidine rings is 1. The van der Waals surface area contributed by atoms with Gasteiger partial charge in [0.2, 0.25) is 0 Å². The number of hydrogen-bond acceptors (Lipinski definition) is 5. The SMILES string of the molecule is CC(C)c1csc(C(=O)N2CCCCC2CN2CCCC2)n1.O=C(O)C(F)(F)F. The van der Waals surface area contributed by atoms with Gasteiger partial charge in [0.1, 0.15) is 0 Å². The van der Waals surface area contributed by atoms with E-state index in [1.165, 1.54) is 43.7 Å². The molecule has 6 nitrogen and oxygen atoms in total. The van der Waals surface area contributed by atoms with Crippen molar-refractivity contribution in [2.75, 3.05) is 26.2 Å². The lowest BCUT2D eigenvalue weighted by molar-refractivity contribution is -0.192. The van der Waals surface area contributed by atoms with Gasteiger partial charge in [0.15, 0.2) is 5.01 Å². The van der Waals surface area contributed by atoms with Gasteiger partial charge >= 0.3 is 12.1 Å². The van der Waals surface area contributed by atoms with Crippen LogP contribution in [0.5, 0.6) is 0 Å². The van der Waals surface area contributed by atoms with Crippen LogP contribution in [-0.2, 0) is 4.79 Å². The molecule has 1 aromatic rings. The van der Waals surface area contributed by atoms with Crippen molar-refractivity contribution in [2.24, 2.45) is 0 Å². The fourth-order valence-corrected chi connectivity index (χ4v) is 4.43. The van der Waals surface area contributed by atoms with E-state index in [9.17, 15) is 18.0 Å². The van der Waals surface area contributed by atoms with Crippen molar-refractivity contribution < 1.29 is 27.9 Å². The van der Waals surface area contributed by atoms with Gasteiger partial charge in [-0.1, -0.05) is 13.8 Å². The number of hydrogen-bond donors (Lipinski definition) is 1. The normalized spacial score (nSPS) is 20.5. The van der Waals surface area contributed by atoms with Crippen molar-refractivity contribution in [1.82, 2.24) is 14.8 Å². The second-order valence-corrected chi connectivity index (χ2v) is 8.55. The van der Waals surface area contributed by atoms with Crippen LogP contribution < -0.4 is 0 Å². The molecule has 2 fully saturated rings. The first-order chi connectivity index (χ1) is 13.6. The highest BCUT2D eigenvalue weighted by atomic mass is 32.1. The van der Waals surface area contributed by atoms with Crippen LogP contribution in [-0.4, -0.2) is 70.2 Å². The second-order valence-electron chi connectivity index (χ2n) is 7.69. The van der Waals surface area contributed by atoms with E-state index >= 15 is 0 Å². The number of alkyl halides is 3. The molecule has 0 aliphatic carbocycles. The fraction of sp³-hybridized carbons (Fsp3) is 0.737. The van der Waals surface area contributed by atoms with Crippen molar-refractivity contribution in [3.05, 3.63) is 16.1 Å². The Bertz CT molecular complexity index is 688. The predicted octanol–water partition coefficient (Wildman–Crippen LogP) is 3.99. The molecule has 1 atom stereocenters. The molecule has 1 N–H and O–H groups in total. The first-order valence-corrected chi connectivity index (χ1v) is 10.8. The van der Waals surface area contributed by atoms with E-state index in [2.05, 4.69) is 28.6 Å². The highest BCUT2D eigenvalue weighted by Gasteiger charge is 2.38. The summed E-state index contributed by atoms with van der Waals surface area (Å²) >= 11 is 1.51. The molecule has 0 radical (unpaired) electrons. The lowest BCUT2D eigenvalue weighted by Crippen LogP contribution is -2.49. The molecule has 3 rings (SSSR count). The average molecular weight is 436 g/mol. The molecule has 29 heavy (non-hydrogen) atoms. The molecular weight excluding hydrogens is 407 g/mol. The quantitative estimate of drug-likeness (QED) is 0.774. The number of thiazole rings is 1. The maximum atomic E-state index is 12.9. The number of likely N-dealkylation sites (tertiary alicyclic amines) is 2. The van der Waals surface area contributed by atoms with Crippen molar-refractivity contribution >= 4 is 23.2 Å². The van der Waals surface area contributed by atoms with E-state index in [1.54, 1.807) is 0 Å². The topological polar surface area (TPSA) is 73.7 Å². The standard InChI is InChI=1S/C17H27N3OS.C2HF3O2/c1-13(2)15-12-22-16(18-15)17(21)20-10-4-3-7-14(20)11-19-8-5-6-9-19;3-2(4,5)1(6)7/h12-14H,3-11H2,1-2H3;(H,6,7). The lowest BCUT2D eigenvalue weighted by Gasteiger charge is -2.37. The van der Waals surface area contributed by atoms with E-state index in [0.717, 1.165) is 31.6 Å². The minimum Gasteiger partial charge on any atom is -0.475 e. The third-order valence-corrected chi connectivity index (χ3v) is 5.94. The van der Waals surface area contributed by atoms with Crippen molar-refractivity contribution in [3.63, 3.8) is 0 Å². The molecule has 2 aliphatic heterocycles. The number of carboxylic acid groups (broad SMARTS) is 1. The van der Waals surface area contributed by atoms with Crippen LogP contribution >= 0.6 is 11.3 Å². The summed E-state index contributed by atoms with van der Waals surface area (Å²) in [6, 6.07) is 0.380. The summed E-state index contributed by atoms with van der Waals surface area (Å²) in [6.07, 6.45) is 1.06. The Hall–Kier alpha value is -1.68. The van der Waals surface area contributed by atoms with Gasteiger partial charge in [-0.15, -0.1) is 11.3 Å². The summed E-state index contributed by atoms with van der Waals surface area (Å²) in [4.78, 5) is 31.0. The van der Waals surface area contributed by atoms with E-state index in [-0.39, 0.29) is 5.91 Å². The number of rotatable bonds is 4. The zero-order valence-corrected chi connectivity index (χ0v) is 17.6. The highest BCUT2D eigenvalue weighted by molar-refractivity contribution is 7.11. The van der Waals surface area contributed by atoms with E-state index in [0.29, 0.717) is 17.0 Å². The van der Waals surface area contributed by atoms with Crippen molar-refractivity contribution in [2.45, 2.75) is 64.1 Å². The van der Waals surface area contributed by atoms with E-state index in [4.69, 9.17) is 9.90 Å². The van der Waals surface area contributed by atoms with Crippen LogP contribution in [0.15, 0.2) is 5.38 Å². The molecule has 164 valence electrons. The van der Waals surface area contributed by atoms with Gasteiger partial charge < -0.3 is 14.9 Å². The maximum absolute atomic E-state index is 12.9. The van der Waals surface area contributed by atoms with Crippen molar-refractivity contribution in [1.29, 1.82) is 0 Å². The molecule has 2 aliphatic rings. The van der Waals surface area contributed by atoms with Gasteiger partial charge in [0.25, 0.3) is 5.91 Å². The zero-order valence-electron chi connectivity index (χ0n) is 16.7. The van der Waals surface area contributed by atoms with Crippen LogP contribution in [0, 0.1) is 0 Å². The third kappa shape index (κ3) is 6.95. The van der Waals surface area contributed by atoms with Gasteiger partial charge in [0.05, 0.1) is 5.69 Å². The number of aliphatic carboxylic acids is 1. The smallest absolute Gasteiger partial charge is 0.475 e. The van der Waals surface area contributed by atoms with Crippen LogP contribution in [0.2, 0.25) is 0 Å². The van der Waals surface area contributed by atoms with E-state index < -0.39 is 12.1 Å². The van der Waals surface area contributed by atoms with Gasteiger partial charge in [-0.2, -0.15) is 13.2 Å². The van der Waals surface area contributed by atoms with Gasteiger partial charge in [-0.3, -0.25) is 4.79 Å². The number of carboxylic acids is 1. The molecule has 1 unspecified atom stereocenters. The average Bonchev–Trinajstić information content (AvgIpc) is 3.33. The summed E-state index contributed by atoms with van der Waals surface area (Å²) < 4.78 is 31.7. The lowest BCUT2D eigenvalue weighted by atomic mass is 10.0. The number of carbonyl (C=O) groups is 2. The molecule has 2 saturated heterocycles. The van der Waals surface area contributed by atoms with Gasteiger partial charge in [0, 0.05) is 24.5 Å². The molecule has 0 bridgehead atoms. The molecule has 1 aromatic heterocycles. The Morgan fingerprint density at radius 3 is 2.31 bits per heavy atom. The summed E-state index contributed by atoms with van der Waals surface area (Å²) in [7, 11) is 0. The Morgan fingerprint density at radius 2 is 1.79 bits per heavy atom. The number of aromatic nitrogens is 1. The molecule has 10 heteroatoms. The number of amides is 1. The Kier molecular flexibility index (Phi) is 8.45. The van der Waals surface area contributed by atoms with Crippen LogP contribution in [0.4, 0.5) is 13.2 Å². The van der Waals surface area contributed by atoms with Crippen LogP contribution in [0.25, 0.3) is 0 Å². The van der Waals surface area contributed by atoms with Crippen LogP contribution in [0.3, 0.4) is 0 Å². The van der Waals surface area contributed by atoms with Gasteiger partial charge in [-0.25, -0.2) is 9.78 Å². The first kappa shape index (κ1) is 23.6.